The molecule has 0 aromatic heterocycles. The van der Waals surface area contributed by atoms with Gasteiger partial charge in [-0.1, -0.05) is 0 Å². The summed E-state index contributed by atoms with van der Waals surface area (Å²) in [7, 11) is -3.39. The van der Waals surface area contributed by atoms with Crippen LogP contribution in [0.25, 0.3) is 0 Å². The van der Waals surface area contributed by atoms with Crippen molar-refractivity contribution < 1.29 is 13.2 Å². The smallest absolute Gasteiger partial charge is 0.279 e. The van der Waals surface area contributed by atoms with Gasteiger partial charge in [0.25, 0.3) is 10.2 Å². The molecule has 2 rings (SSSR count). The average Bonchev–Trinajstić information content (AvgIpc) is 2.74. The zero-order valence-corrected chi connectivity index (χ0v) is 11.7. The van der Waals surface area contributed by atoms with Gasteiger partial charge < -0.3 is 10.5 Å². The molecule has 18 heavy (non-hydrogen) atoms. The molecule has 0 amide bonds. The Morgan fingerprint density at radius 1 is 1.44 bits per heavy atom. The molecule has 2 heterocycles. The van der Waals surface area contributed by atoms with E-state index in [0.29, 0.717) is 26.2 Å². The number of nitrogens with zero attached hydrogens (tertiary/aromatic N) is 1. The summed E-state index contributed by atoms with van der Waals surface area (Å²) in [6.07, 6.45) is 2.61. The second-order valence-electron chi connectivity index (χ2n) is 5.20. The fourth-order valence-electron chi connectivity index (χ4n) is 2.59. The van der Waals surface area contributed by atoms with Crippen LogP contribution in [0.1, 0.15) is 26.2 Å². The Hall–Kier alpha value is -0.210. The van der Waals surface area contributed by atoms with Crippen molar-refractivity contribution in [3.05, 3.63) is 0 Å². The Morgan fingerprint density at radius 2 is 2.22 bits per heavy atom. The van der Waals surface area contributed by atoms with Gasteiger partial charge in [-0.15, -0.1) is 0 Å². The van der Waals surface area contributed by atoms with Crippen LogP contribution in [0, 0.1) is 5.92 Å². The minimum absolute atomic E-state index is 0.0464. The van der Waals surface area contributed by atoms with E-state index in [2.05, 4.69) is 4.72 Å². The lowest BCUT2D eigenvalue weighted by Crippen LogP contribution is -2.51. The van der Waals surface area contributed by atoms with Crippen LogP contribution in [0.4, 0.5) is 0 Å². The lowest BCUT2D eigenvalue weighted by molar-refractivity contribution is 0.116. The number of ether oxygens (including phenoxy) is 1. The van der Waals surface area contributed by atoms with Gasteiger partial charge in [0.15, 0.2) is 0 Å². The molecule has 0 bridgehead atoms. The van der Waals surface area contributed by atoms with Gasteiger partial charge in [0.1, 0.15) is 0 Å². The molecule has 2 fully saturated rings. The Balaban J connectivity index is 1.97. The fraction of sp³-hybridized carbons (Fsp3) is 1.00. The van der Waals surface area contributed by atoms with Crippen molar-refractivity contribution >= 4 is 10.2 Å². The third-order valence-electron chi connectivity index (χ3n) is 3.83. The number of rotatable bonds is 4. The molecule has 0 spiro atoms. The lowest BCUT2D eigenvalue weighted by atomic mass is 10.0. The van der Waals surface area contributed by atoms with E-state index in [4.69, 9.17) is 10.5 Å². The summed E-state index contributed by atoms with van der Waals surface area (Å²) >= 11 is 0. The van der Waals surface area contributed by atoms with E-state index < -0.39 is 10.2 Å². The molecular weight excluding hydrogens is 254 g/mol. The number of nitrogens with two attached hydrogens (primary N) is 1. The fourth-order valence-corrected chi connectivity index (χ4v) is 4.21. The second kappa shape index (κ2) is 5.83. The molecular formula is C11H23N3O3S. The number of hydrogen-bond donors (Lipinski definition) is 2. The van der Waals surface area contributed by atoms with Gasteiger partial charge in [0, 0.05) is 19.7 Å². The molecule has 2 saturated heterocycles. The first-order chi connectivity index (χ1) is 8.53. The van der Waals surface area contributed by atoms with Gasteiger partial charge in [-0.3, -0.25) is 0 Å². The van der Waals surface area contributed by atoms with Gasteiger partial charge in [0.05, 0.1) is 12.1 Å². The molecule has 0 saturated carbocycles. The number of piperidine rings is 1. The Kier molecular flexibility index (Phi) is 4.60. The van der Waals surface area contributed by atoms with E-state index in [1.165, 1.54) is 4.31 Å². The van der Waals surface area contributed by atoms with Crippen molar-refractivity contribution in [2.24, 2.45) is 11.7 Å². The van der Waals surface area contributed by atoms with E-state index in [9.17, 15) is 8.42 Å². The van der Waals surface area contributed by atoms with Crippen LogP contribution in [-0.2, 0) is 14.9 Å². The van der Waals surface area contributed by atoms with Crippen LogP contribution >= 0.6 is 0 Å². The zero-order valence-electron chi connectivity index (χ0n) is 10.8. The molecule has 2 aliphatic heterocycles. The summed E-state index contributed by atoms with van der Waals surface area (Å²) in [5, 5.41) is 0. The topological polar surface area (TPSA) is 84.7 Å². The van der Waals surface area contributed by atoms with Crippen molar-refractivity contribution in [3.8, 4) is 0 Å². The quantitative estimate of drug-likeness (QED) is 0.737. The predicted octanol–water partition coefficient (Wildman–Crippen LogP) is -0.331. The third-order valence-corrected chi connectivity index (χ3v) is 5.44. The molecule has 6 nitrogen and oxygen atoms in total. The highest BCUT2D eigenvalue weighted by Gasteiger charge is 2.33. The normalized spacial score (nSPS) is 34.9. The number of nitrogens with one attached hydrogen (secondary N) is 1. The van der Waals surface area contributed by atoms with Gasteiger partial charge in [0.2, 0.25) is 0 Å². The van der Waals surface area contributed by atoms with Crippen molar-refractivity contribution in [1.29, 1.82) is 0 Å². The van der Waals surface area contributed by atoms with Crippen LogP contribution in [0.3, 0.4) is 0 Å². The van der Waals surface area contributed by atoms with Gasteiger partial charge in [-0.25, -0.2) is 0 Å². The summed E-state index contributed by atoms with van der Waals surface area (Å²) in [6.45, 7) is 4.20. The minimum Gasteiger partial charge on any atom is -0.377 e. The number of hydrogen-bond acceptors (Lipinski definition) is 4. The van der Waals surface area contributed by atoms with E-state index in [1.54, 1.807) is 0 Å². The van der Waals surface area contributed by atoms with Gasteiger partial charge in [-0.05, 0) is 38.6 Å². The predicted molar refractivity (Wildman–Crippen MR) is 69.2 cm³/mol. The highest BCUT2D eigenvalue weighted by molar-refractivity contribution is 7.87. The molecule has 0 aromatic rings. The zero-order chi connectivity index (χ0) is 13.2. The highest BCUT2D eigenvalue weighted by atomic mass is 32.2. The SMILES string of the molecule is CC1OCCC1NS(=O)(=O)N1CCCC(CN)C1. The summed E-state index contributed by atoms with van der Waals surface area (Å²) in [5.74, 6) is 0.285. The molecule has 0 aliphatic carbocycles. The van der Waals surface area contributed by atoms with Crippen molar-refractivity contribution in [2.45, 2.75) is 38.3 Å². The van der Waals surface area contributed by atoms with Crippen molar-refractivity contribution in [3.63, 3.8) is 0 Å². The molecule has 0 aromatic carbocycles. The summed E-state index contributed by atoms with van der Waals surface area (Å²) < 4.78 is 34.2. The van der Waals surface area contributed by atoms with Crippen molar-refractivity contribution in [2.75, 3.05) is 26.2 Å². The Labute approximate surface area is 109 Å². The Bertz CT molecular complexity index is 374. The highest BCUT2D eigenvalue weighted by Crippen LogP contribution is 2.20. The molecule has 3 unspecified atom stereocenters. The maximum atomic E-state index is 12.3. The van der Waals surface area contributed by atoms with E-state index >= 15 is 0 Å². The summed E-state index contributed by atoms with van der Waals surface area (Å²) in [5.41, 5.74) is 5.63. The average molecular weight is 277 g/mol. The molecule has 0 radical (unpaired) electrons. The first-order valence-electron chi connectivity index (χ1n) is 6.62. The summed E-state index contributed by atoms with van der Waals surface area (Å²) in [4.78, 5) is 0. The molecule has 106 valence electrons. The van der Waals surface area contributed by atoms with Gasteiger partial charge >= 0.3 is 0 Å². The van der Waals surface area contributed by atoms with Crippen molar-refractivity contribution in [1.82, 2.24) is 9.03 Å². The third kappa shape index (κ3) is 3.21. The van der Waals surface area contributed by atoms with Crippen LogP contribution in [0.2, 0.25) is 0 Å². The van der Waals surface area contributed by atoms with Crippen LogP contribution in [0.15, 0.2) is 0 Å². The lowest BCUT2D eigenvalue weighted by Gasteiger charge is -2.32. The Morgan fingerprint density at radius 3 is 2.83 bits per heavy atom. The largest absolute Gasteiger partial charge is 0.377 e. The molecule has 7 heteroatoms. The maximum Gasteiger partial charge on any atom is 0.279 e. The summed E-state index contributed by atoms with van der Waals surface area (Å²) in [6, 6.07) is -0.103. The van der Waals surface area contributed by atoms with E-state index in [0.717, 1.165) is 19.3 Å². The minimum atomic E-state index is -3.39. The first-order valence-corrected chi connectivity index (χ1v) is 8.06. The standard InChI is InChI=1S/C11H23N3O3S/c1-9-11(4-6-17-9)13-18(15,16)14-5-2-3-10(7-12)8-14/h9-11,13H,2-8,12H2,1H3. The van der Waals surface area contributed by atoms with E-state index in [1.807, 2.05) is 6.92 Å². The second-order valence-corrected chi connectivity index (χ2v) is 6.90. The van der Waals surface area contributed by atoms with Gasteiger partial charge in [-0.2, -0.15) is 17.4 Å². The monoisotopic (exact) mass is 277 g/mol. The van der Waals surface area contributed by atoms with Crippen LogP contribution in [-0.4, -0.2) is 51.1 Å². The molecule has 2 aliphatic rings. The van der Waals surface area contributed by atoms with Crippen LogP contribution in [0.5, 0.6) is 0 Å². The maximum absolute atomic E-state index is 12.3. The molecule has 3 atom stereocenters. The van der Waals surface area contributed by atoms with E-state index in [-0.39, 0.29) is 18.1 Å². The molecule has 3 N–H and O–H groups in total. The first kappa shape index (κ1) is 14.2. The van der Waals surface area contributed by atoms with Crippen LogP contribution < -0.4 is 10.5 Å².